The molecule has 4 rings (SSSR count). The van der Waals surface area contributed by atoms with E-state index in [-0.39, 0.29) is 12.5 Å². The number of benzene rings is 4. The molecule has 0 bridgehead atoms. The Hall–Kier alpha value is -4.50. The van der Waals surface area contributed by atoms with Crippen LogP contribution in [0.15, 0.2) is 103 Å². The molecule has 208 valence electrons. The largest absolute Gasteiger partial charge is 0.497 e. The maximum absolute atomic E-state index is 12.6. The number of methoxy groups -OCH3 is 1. The fourth-order valence-corrected chi connectivity index (χ4v) is 4.79. The van der Waals surface area contributed by atoms with Crippen molar-refractivity contribution in [3.8, 4) is 17.2 Å². The van der Waals surface area contributed by atoms with Gasteiger partial charge < -0.3 is 19.5 Å². The Bertz CT molecular complexity index is 1490. The van der Waals surface area contributed by atoms with Gasteiger partial charge in [0.2, 0.25) is 10.0 Å². The summed E-state index contributed by atoms with van der Waals surface area (Å²) < 4.78 is 43.2. The van der Waals surface area contributed by atoms with Gasteiger partial charge in [-0.2, -0.15) is 0 Å². The van der Waals surface area contributed by atoms with E-state index in [2.05, 4.69) is 5.32 Å². The third-order valence-corrected chi connectivity index (χ3v) is 7.15. The zero-order valence-electron chi connectivity index (χ0n) is 22.4. The summed E-state index contributed by atoms with van der Waals surface area (Å²) in [4.78, 5) is 12.5. The molecule has 0 saturated heterocycles. The Balaban J connectivity index is 1.31. The first-order chi connectivity index (χ1) is 19.3. The number of nitrogens with one attached hydrogen (secondary N) is 1. The van der Waals surface area contributed by atoms with E-state index in [0.29, 0.717) is 48.3 Å². The fourth-order valence-electron chi connectivity index (χ4n) is 3.90. The summed E-state index contributed by atoms with van der Waals surface area (Å²) in [5, 5.41) is 2.82. The zero-order chi connectivity index (χ0) is 28.4. The lowest BCUT2D eigenvalue weighted by atomic mass is 10.1. The summed E-state index contributed by atoms with van der Waals surface area (Å²) in [5.74, 6) is 1.75. The minimum atomic E-state index is -3.56. The van der Waals surface area contributed by atoms with Crippen LogP contribution in [0.3, 0.4) is 0 Å². The molecule has 1 N–H and O–H groups in total. The van der Waals surface area contributed by atoms with E-state index < -0.39 is 10.0 Å². The number of hydrogen-bond donors (Lipinski definition) is 1. The first-order valence-electron chi connectivity index (χ1n) is 12.7. The Labute approximate surface area is 235 Å². The van der Waals surface area contributed by atoms with E-state index in [1.165, 1.54) is 10.6 Å². The van der Waals surface area contributed by atoms with Crippen LogP contribution in [0.4, 0.5) is 5.69 Å². The standard InChI is InChI=1S/C31H32N2O6S/c1-37-29-9-6-10-30(21-29)38-20-19-32-31(34)26-13-11-24(12-14-26)22-33(40(2,35)36)27-15-17-28(18-16-27)39-23-25-7-4-3-5-8-25/h3-18,21H,19-20,22-23H2,1-2H3,(H,32,34). The second-order valence-corrected chi connectivity index (χ2v) is 10.9. The Morgan fingerprint density at radius 1 is 0.775 bits per heavy atom. The lowest BCUT2D eigenvalue weighted by molar-refractivity contribution is 0.0947. The quantitative estimate of drug-likeness (QED) is 0.230. The molecule has 0 aromatic heterocycles. The highest BCUT2D eigenvalue weighted by Gasteiger charge is 2.18. The monoisotopic (exact) mass is 560 g/mol. The molecule has 4 aromatic carbocycles. The van der Waals surface area contributed by atoms with Crippen LogP contribution in [0.25, 0.3) is 0 Å². The highest BCUT2D eigenvalue weighted by Crippen LogP contribution is 2.24. The van der Waals surface area contributed by atoms with E-state index in [4.69, 9.17) is 14.2 Å². The molecule has 0 heterocycles. The van der Waals surface area contributed by atoms with Crippen molar-refractivity contribution in [2.75, 3.05) is 30.8 Å². The van der Waals surface area contributed by atoms with Crippen LogP contribution in [-0.4, -0.2) is 40.8 Å². The number of hydrogen-bond acceptors (Lipinski definition) is 6. The number of carbonyl (C=O) groups is 1. The summed E-state index contributed by atoms with van der Waals surface area (Å²) >= 11 is 0. The van der Waals surface area contributed by atoms with E-state index in [1.54, 1.807) is 61.7 Å². The molecule has 8 nitrogen and oxygen atoms in total. The average molecular weight is 561 g/mol. The van der Waals surface area contributed by atoms with Crippen molar-refractivity contribution < 1.29 is 27.4 Å². The van der Waals surface area contributed by atoms with Crippen LogP contribution < -0.4 is 23.8 Å². The van der Waals surface area contributed by atoms with Gasteiger partial charge in [0.05, 0.1) is 32.1 Å². The molecule has 0 aliphatic carbocycles. The molecule has 0 fully saturated rings. The van der Waals surface area contributed by atoms with Crippen molar-refractivity contribution in [1.82, 2.24) is 5.32 Å². The van der Waals surface area contributed by atoms with Gasteiger partial charge in [-0.15, -0.1) is 0 Å². The van der Waals surface area contributed by atoms with Gasteiger partial charge in [-0.05, 0) is 59.7 Å². The number of amides is 1. The van der Waals surface area contributed by atoms with Gasteiger partial charge in [-0.1, -0.05) is 48.5 Å². The summed E-state index contributed by atoms with van der Waals surface area (Å²) in [7, 11) is -1.97. The van der Waals surface area contributed by atoms with Crippen LogP contribution >= 0.6 is 0 Å². The van der Waals surface area contributed by atoms with Crippen LogP contribution in [-0.2, 0) is 23.2 Å². The van der Waals surface area contributed by atoms with Crippen molar-refractivity contribution in [3.05, 3.63) is 120 Å². The SMILES string of the molecule is COc1cccc(OCCNC(=O)c2ccc(CN(c3ccc(OCc4ccccc4)cc3)S(C)(=O)=O)cc2)c1. The van der Waals surface area contributed by atoms with Crippen molar-refractivity contribution >= 4 is 21.6 Å². The summed E-state index contributed by atoms with van der Waals surface area (Å²) in [6.07, 6.45) is 1.17. The molecule has 40 heavy (non-hydrogen) atoms. The smallest absolute Gasteiger partial charge is 0.251 e. The molecule has 0 unspecified atom stereocenters. The van der Waals surface area contributed by atoms with Crippen LogP contribution in [0.5, 0.6) is 17.2 Å². The number of anilines is 1. The van der Waals surface area contributed by atoms with Crippen molar-refractivity contribution in [2.45, 2.75) is 13.2 Å². The van der Waals surface area contributed by atoms with Gasteiger partial charge in [0.15, 0.2) is 0 Å². The lowest BCUT2D eigenvalue weighted by Crippen LogP contribution is -2.29. The molecule has 0 aliphatic rings. The van der Waals surface area contributed by atoms with Crippen molar-refractivity contribution in [1.29, 1.82) is 0 Å². The molecule has 0 radical (unpaired) electrons. The van der Waals surface area contributed by atoms with Crippen molar-refractivity contribution in [3.63, 3.8) is 0 Å². The van der Waals surface area contributed by atoms with E-state index in [9.17, 15) is 13.2 Å². The lowest BCUT2D eigenvalue weighted by Gasteiger charge is -2.23. The van der Waals surface area contributed by atoms with Crippen LogP contribution in [0.2, 0.25) is 0 Å². The number of carbonyl (C=O) groups excluding carboxylic acids is 1. The van der Waals surface area contributed by atoms with Gasteiger partial charge in [0, 0.05) is 11.6 Å². The summed E-state index contributed by atoms with van der Waals surface area (Å²) in [6, 6.07) is 30.8. The third-order valence-electron chi connectivity index (χ3n) is 6.01. The van der Waals surface area contributed by atoms with E-state index in [0.717, 1.165) is 11.1 Å². The Kier molecular flexibility index (Phi) is 9.64. The second-order valence-electron chi connectivity index (χ2n) is 9.02. The van der Waals surface area contributed by atoms with E-state index in [1.807, 2.05) is 48.5 Å². The van der Waals surface area contributed by atoms with E-state index >= 15 is 0 Å². The molecule has 0 spiro atoms. The zero-order valence-corrected chi connectivity index (χ0v) is 23.3. The van der Waals surface area contributed by atoms with Gasteiger partial charge in [-0.25, -0.2) is 8.42 Å². The molecule has 0 aliphatic heterocycles. The first kappa shape index (κ1) is 28.5. The summed E-state index contributed by atoms with van der Waals surface area (Å²) in [5.41, 5.74) is 2.78. The maximum Gasteiger partial charge on any atom is 0.251 e. The number of ether oxygens (including phenoxy) is 3. The van der Waals surface area contributed by atoms with Gasteiger partial charge >= 0.3 is 0 Å². The number of rotatable bonds is 13. The minimum Gasteiger partial charge on any atom is -0.497 e. The number of nitrogens with zero attached hydrogens (tertiary/aromatic N) is 1. The first-order valence-corrected chi connectivity index (χ1v) is 14.5. The summed E-state index contributed by atoms with van der Waals surface area (Å²) in [6.45, 7) is 1.17. The highest BCUT2D eigenvalue weighted by molar-refractivity contribution is 7.92. The molecule has 4 aromatic rings. The fraction of sp³-hybridized carbons (Fsp3) is 0.194. The normalized spacial score (nSPS) is 10.9. The number of sulfonamides is 1. The molecule has 0 saturated carbocycles. The van der Waals surface area contributed by atoms with Gasteiger partial charge in [0.25, 0.3) is 5.91 Å². The predicted octanol–water partition coefficient (Wildman–Crippen LogP) is 5.05. The highest BCUT2D eigenvalue weighted by atomic mass is 32.2. The molecule has 1 amide bonds. The maximum atomic E-state index is 12.6. The minimum absolute atomic E-state index is 0.124. The molecular formula is C31H32N2O6S. The predicted molar refractivity (Wildman–Crippen MR) is 156 cm³/mol. The Morgan fingerprint density at radius 3 is 2.15 bits per heavy atom. The molecular weight excluding hydrogens is 528 g/mol. The van der Waals surface area contributed by atoms with Crippen LogP contribution in [0.1, 0.15) is 21.5 Å². The van der Waals surface area contributed by atoms with Crippen LogP contribution in [0, 0.1) is 0 Å². The third kappa shape index (κ3) is 8.25. The second kappa shape index (κ2) is 13.5. The van der Waals surface area contributed by atoms with Crippen molar-refractivity contribution in [2.24, 2.45) is 0 Å². The topological polar surface area (TPSA) is 94.2 Å². The van der Waals surface area contributed by atoms with Gasteiger partial charge in [0.1, 0.15) is 30.5 Å². The average Bonchev–Trinajstić information content (AvgIpc) is 2.97. The molecule has 0 atom stereocenters. The molecule has 9 heteroatoms. The Morgan fingerprint density at radius 2 is 1.48 bits per heavy atom. The van der Waals surface area contributed by atoms with Gasteiger partial charge in [-0.3, -0.25) is 9.10 Å².